The highest BCUT2D eigenvalue weighted by molar-refractivity contribution is 5.39. The molecule has 3 nitrogen and oxygen atoms in total. The molecule has 1 fully saturated rings. The molecule has 3 unspecified atom stereocenters. The topological polar surface area (TPSA) is 38.5 Å². The van der Waals surface area contributed by atoms with E-state index in [0.717, 1.165) is 32.0 Å². The van der Waals surface area contributed by atoms with Gasteiger partial charge in [-0.1, -0.05) is 38.0 Å². The Balaban J connectivity index is 1.70. The maximum atomic E-state index is 6.02. The number of fused-ring (bicyclic) bond motifs is 1. The minimum absolute atomic E-state index is 0.515. The van der Waals surface area contributed by atoms with Crippen LogP contribution < -0.4 is 10.5 Å². The molecule has 0 aromatic heterocycles. The molecule has 0 saturated heterocycles. The maximum absolute atomic E-state index is 6.02. The van der Waals surface area contributed by atoms with Gasteiger partial charge in [-0.2, -0.15) is 0 Å². The Bertz CT molecular complexity index is 462. The molecule has 1 saturated carbocycles. The third-order valence-corrected chi connectivity index (χ3v) is 5.30. The highest BCUT2D eigenvalue weighted by Gasteiger charge is 2.32. The smallest absolute Gasteiger partial charge is 0.122 e. The lowest BCUT2D eigenvalue weighted by Crippen LogP contribution is -2.46. The van der Waals surface area contributed by atoms with Crippen molar-refractivity contribution in [1.82, 2.24) is 4.90 Å². The summed E-state index contributed by atoms with van der Waals surface area (Å²) in [7, 11) is 0. The Morgan fingerprint density at radius 2 is 2.05 bits per heavy atom. The number of para-hydroxylation sites is 1. The zero-order valence-electron chi connectivity index (χ0n) is 13.1. The van der Waals surface area contributed by atoms with Crippen molar-refractivity contribution in [3.8, 4) is 5.75 Å². The van der Waals surface area contributed by atoms with Crippen molar-refractivity contribution in [2.24, 2.45) is 11.7 Å². The number of ether oxygens (including phenoxy) is 1. The van der Waals surface area contributed by atoms with Crippen molar-refractivity contribution < 1.29 is 4.74 Å². The fraction of sp³-hybridized carbons (Fsp3) is 0.667. The first-order valence-electron chi connectivity index (χ1n) is 8.49. The van der Waals surface area contributed by atoms with E-state index in [4.69, 9.17) is 10.5 Å². The molecule has 3 rings (SSSR count). The van der Waals surface area contributed by atoms with Gasteiger partial charge in [-0.15, -0.1) is 0 Å². The van der Waals surface area contributed by atoms with Crippen molar-refractivity contribution in [1.29, 1.82) is 0 Å². The quantitative estimate of drug-likeness (QED) is 0.905. The second kappa shape index (κ2) is 6.80. The van der Waals surface area contributed by atoms with Crippen LogP contribution in [0.4, 0.5) is 0 Å². The van der Waals surface area contributed by atoms with Gasteiger partial charge in [-0.05, 0) is 37.9 Å². The molecule has 1 aliphatic heterocycles. The summed E-state index contributed by atoms with van der Waals surface area (Å²) in [5.41, 5.74) is 7.40. The normalized spacial score (nSPS) is 28.4. The molecule has 1 aromatic rings. The highest BCUT2D eigenvalue weighted by Crippen LogP contribution is 2.36. The van der Waals surface area contributed by atoms with E-state index in [2.05, 4.69) is 36.1 Å². The Morgan fingerprint density at radius 1 is 1.24 bits per heavy atom. The van der Waals surface area contributed by atoms with Crippen molar-refractivity contribution in [3.05, 3.63) is 29.8 Å². The SMILES string of the molecule is CCN(CC1COc2ccccc21)C1CCCCC1CN. The summed E-state index contributed by atoms with van der Waals surface area (Å²) in [6.45, 7) is 6.16. The van der Waals surface area contributed by atoms with Crippen molar-refractivity contribution >= 4 is 0 Å². The Hall–Kier alpha value is -1.06. The van der Waals surface area contributed by atoms with E-state index < -0.39 is 0 Å². The molecular weight excluding hydrogens is 260 g/mol. The van der Waals surface area contributed by atoms with Crippen LogP contribution in [-0.4, -0.2) is 37.2 Å². The van der Waals surface area contributed by atoms with Gasteiger partial charge in [-0.3, -0.25) is 4.90 Å². The van der Waals surface area contributed by atoms with E-state index in [-0.39, 0.29) is 0 Å². The van der Waals surface area contributed by atoms with Crippen LogP contribution in [0, 0.1) is 5.92 Å². The summed E-state index contributed by atoms with van der Waals surface area (Å²) in [5.74, 6) is 2.27. The fourth-order valence-corrected chi connectivity index (χ4v) is 4.11. The average molecular weight is 288 g/mol. The first-order valence-corrected chi connectivity index (χ1v) is 8.49. The number of rotatable bonds is 5. The molecule has 3 heteroatoms. The van der Waals surface area contributed by atoms with Crippen molar-refractivity contribution in [2.75, 3.05) is 26.2 Å². The van der Waals surface area contributed by atoms with Crippen LogP contribution in [0.1, 0.15) is 44.1 Å². The molecule has 1 aromatic carbocycles. The van der Waals surface area contributed by atoms with Gasteiger partial charge in [-0.25, -0.2) is 0 Å². The lowest BCUT2D eigenvalue weighted by molar-refractivity contribution is 0.102. The van der Waals surface area contributed by atoms with Crippen LogP contribution in [-0.2, 0) is 0 Å². The second-order valence-electron chi connectivity index (χ2n) is 6.48. The van der Waals surface area contributed by atoms with Crippen molar-refractivity contribution in [2.45, 2.75) is 44.6 Å². The zero-order valence-corrected chi connectivity index (χ0v) is 13.1. The Labute approximate surface area is 128 Å². The lowest BCUT2D eigenvalue weighted by atomic mass is 9.83. The number of benzene rings is 1. The molecule has 0 radical (unpaired) electrons. The predicted octanol–water partition coefficient (Wildman–Crippen LogP) is 3.00. The fourth-order valence-electron chi connectivity index (χ4n) is 4.11. The van der Waals surface area contributed by atoms with Crippen LogP contribution in [0.25, 0.3) is 0 Å². The summed E-state index contributed by atoms with van der Waals surface area (Å²) < 4.78 is 5.85. The molecular formula is C18H28N2O. The highest BCUT2D eigenvalue weighted by atomic mass is 16.5. The molecule has 21 heavy (non-hydrogen) atoms. The predicted molar refractivity (Wildman–Crippen MR) is 86.7 cm³/mol. The third kappa shape index (κ3) is 3.09. The monoisotopic (exact) mass is 288 g/mol. The Kier molecular flexibility index (Phi) is 4.81. The van der Waals surface area contributed by atoms with Gasteiger partial charge in [0.15, 0.2) is 0 Å². The summed E-state index contributed by atoms with van der Waals surface area (Å²) >= 11 is 0. The molecule has 3 atom stereocenters. The van der Waals surface area contributed by atoms with E-state index in [0.29, 0.717) is 17.9 Å². The molecule has 2 N–H and O–H groups in total. The first-order chi connectivity index (χ1) is 10.3. The summed E-state index contributed by atoms with van der Waals surface area (Å²) in [5, 5.41) is 0. The molecule has 0 spiro atoms. The maximum Gasteiger partial charge on any atom is 0.122 e. The van der Waals surface area contributed by atoms with Gasteiger partial charge >= 0.3 is 0 Å². The van der Waals surface area contributed by atoms with Crippen LogP contribution in [0.15, 0.2) is 24.3 Å². The number of nitrogens with two attached hydrogens (primary N) is 1. The van der Waals surface area contributed by atoms with Gasteiger partial charge in [0.2, 0.25) is 0 Å². The van der Waals surface area contributed by atoms with Gasteiger partial charge in [0.05, 0.1) is 6.61 Å². The summed E-state index contributed by atoms with van der Waals surface area (Å²) in [6, 6.07) is 9.17. The lowest BCUT2D eigenvalue weighted by Gasteiger charge is -2.40. The average Bonchev–Trinajstić information content (AvgIpc) is 2.95. The van der Waals surface area contributed by atoms with E-state index in [9.17, 15) is 0 Å². The van der Waals surface area contributed by atoms with E-state index in [1.165, 1.54) is 31.2 Å². The zero-order chi connectivity index (χ0) is 14.7. The molecule has 116 valence electrons. The number of hydrogen-bond acceptors (Lipinski definition) is 3. The molecule has 1 heterocycles. The standard InChI is InChI=1S/C18H28N2O/c1-2-20(17-9-5-3-7-14(17)11-19)12-15-13-21-18-10-6-4-8-16(15)18/h4,6,8,10,14-15,17H,2-3,5,7,9,11-13,19H2,1H3. The van der Waals surface area contributed by atoms with Crippen molar-refractivity contribution in [3.63, 3.8) is 0 Å². The third-order valence-electron chi connectivity index (χ3n) is 5.30. The van der Waals surface area contributed by atoms with Gasteiger partial charge in [0, 0.05) is 24.1 Å². The first kappa shape index (κ1) is 14.9. The number of nitrogens with zero attached hydrogens (tertiary/aromatic N) is 1. The van der Waals surface area contributed by atoms with Gasteiger partial charge in [0.1, 0.15) is 5.75 Å². The summed E-state index contributed by atoms with van der Waals surface area (Å²) in [4.78, 5) is 2.66. The molecule has 2 aliphatic rings. The summed E-state index contributed by atoms with van der Waals surface area (Å²) in [6.07, 6.45) is 5.32. The minimum Gasteiger partial charge on any atom is -0.493 e. The Morgan fingerprint density at radius 3 is 2.86 bits per heavy atom. The van der Waals surface area contributed by atoms with Gasteiger partial charge in [0.25, 0.3) is 0 Å². The minimum atomic E-state index is 0.515. The van der Waals surface area contributed by atoms with Gasteiger partial charge < -0.3 is 10.5 Å². The molecule has 1 aliphatic carbocycles. The molecule has 0 amide bonds. The largest absolute Gasteiger partial charge is 0.493 e. The number of likely N-dealkylation sites (N-methyl/N-ethyl adjacent to an activating group) is 1. The van der Waals surface area contributed by atoms with E-state index >= 15 is 0 Å². The van der Waals surface area contributed by atoms with Crippen LogP contribution in [0.3, 0.4) is 0 Å². The van der Waals surface area contributed by atoms with Crippen LogP contribution in [0.5, 0.6) is 5.75 Å². The van der Waals surface area contributed by atoms with E-state index in [1.807, 2.05) is 0 Å². The van der Waals surface area contributed by atoms with E-state index in [1.54, 1.807) is 0 Å². The second-order valence-corrected chi connectivity index (χ2v) is 6.48. The van der Waals surface area contributed by atoms with Crippen LogP contribution in [0.2, 0.25) is 0 Å². The molecule has 0 bridgehead atoms. The number of hydrogen-bond donors (Lipinski definition) is 1. The van der Waals surface area contributed by atoms with Crippen LogP contribution >= 0.6 is 0 Å².